The first-order chi connectivity index (χ1) is 7.93. The van der Waals surface area contributed by atoms with Crippen molar-refractivity contribution in [1.29, 1.82) is 0 Å². The van der Waals surface area contributed by atoms with E-state index in [2.05, 4.69) is 29.6 Å². The number of nitrogens with one attached hydrogen (secondary N) is 1. The number of ether oxygens (including phenoxy) is 1. The lowest BCUT2D eigenvalue weighted by molar-refractivity contribution is 0.0276. The van der Waals surface area contributed by atoms with Gasteiger partial charge in [0.1, 0.15) is 0 Å². The van der Waals surface area contributed by atoms with Crippen LogP contribution in [0.3, 0.4) is 0 Å². The average Bonchev–Trinajstić information content (AvgIpc) is 2.28. The summed E-state index contributed by atoms with van der Waals surface area (Å²) in [5, 5.41) is 3.38. The first-order valence-corrected chi connectivity index (χ1v) is 7.09. The molecule has 0 saturated carbocycles. The highest BCUT2D eigenvalue weighted by Crippen LogP contribution is 2.35. The summed E-state index contributed by atoms with van der Waals surface area (Å²) in [5.74, 6) is 3.35. The first kappa shape index (κ1) is 10.6. The van der Waals surface area contributed by atoms with Gasteiger partial charge in [-0.2, -0.15) is 11.8 Å². The van der Waals surface area contributed by atoms with Gasteiger partial charge in [-0.15, -0.1) is 0 Å². The molecule has 0 bridgehead atoms. The molecule has 1 aromatic carbocycles. The molecule has 2 aliphatic heterocycles. The minimum atomic E-state index is 0.251. The lowest BCUT2D eigenvalue weighted by atomic mass is 9.97. The van der Waals surface area contributed by atoms with E-state index in [-0.39, 0.29) is 6.10 Å². The van der Waals surface area contributed by atoms with Crippen LogP contribution in [0.25, 0.3) is 0 Å². The van der Waals surface area contributed by atoms with Crippen LogP contribution in [0.1, 0.15) is 23.1 Å². The number of rotatable bonds is 2. The predicted octanol–water partition coefficient (Wildman–Crippen LogP) is 2.18. The predicted molar refractivity (Wildman–Crippen MR) is 68.1 cm³/mol. The van der Waals surface area contributed by atoms with Crippen LogP contribution in [0.15, 0.2) is 24.3 Å². The smallest absolute Gasteiger partial charge is 0.0949 e. The Hall–Kier alpha value is -0.510. The van der Waals surface area contributed by atoms with E-state index in [0.717, 1.165) is 25.6 Å². The maximum atomic E-state index is 5.78. The highest BCUT2D eigenvalue weighted by molar-refractivity contribution is 8.00. The van der Waals surface area contributed by atoms with Crippen molar-refractivity contribution in [2.24, 2.45) is 0 Å². The average molecular weight is 235 g/mol. The number of thioether (sulfide) groups is 1. The van der Waals surface area contributed by atoms with E-state index < -0.39 is 0 Å². The van der Waals surface area contributed by atoms with Crippen LogP contribution >= 0.6 is 11.8 Å². The summed E-state index contributed by atoms with van der Waals surface area (Å²) < 4.78 is 5.78. The summed E-state index contributed by atoms with van der Waals surface area (Å²) in [7, 11) is 0. The Morgan fingerprint density at radius 2 is 2.12 bits per heavy atom. The second kappa shape index (κ2) is 4.78. The fourth-order valence-corrected chi connectivity index (χ4v) is 3.08. The lowest BCUT2D eigenvalue weighted by Gasteiger charge is -2.28. The Kier molecular flexibility index (Phi) is 3.18. The van der Waals surface area contributed by atoms with Gasteiger partial charge < -0.3 is 10.1 Å². The zero-order valence-electron chi connectivity index (χ0n) is 9.32. The van der Waals surface area contributed by atoms with E-state index in [4.69, 9.17) is 4.74 Å². The molecule has 0 amide bonds. The van der Waals surface area contributed by atoms with Gasteiger partial charge in [0, 0.05) is 30.5 Å². The quantitative estimate of drug-likeness (QED) is 0.849. The third-order valence-corrected chi connectivity index (χ3v) is 4.60. The summed E-state index contributed by atoms with van der Waals surface area (Å²) in [6.07, 6.45) is 0.251. The minimum Gasteiger partial charge on any atom is -0.371 e. The standard InChI is InChI=1S/C13H17NOS/c1-2-10(12-8-16-9-12)6-11(3-1)13-7-14-4-5-15-13/h1-3,6,12-14H,4-5,7-9H2. The Morgan fingerprint density at radius 3 is 2.81 bits per heavy atom. The molecule has 1 unspecified atom stereocenters. The molecule has 0 spiro atoms. The first-order valence-electron chi connectivity index (χ1n) is 5.93. The Labute approximate surface area is 101 Å². The molecular formula is C13H17NOS. The van der Waals surface area contributed by atoms with E-state index in [1.165, 1.54) is 22.6 Å². The van der Waals surface area contributed by atoms with Crippen LogP contribution in [0, 0.1) is 0 Å². The topological polar surface area (TPSA) is 21.3 Å². The number of hydrogen-bond acceptors (Lipinski definition) is 3. The van der Waals surface area contributed by atoms with Crippen LogP contribution in [0.5, 0.6) is 0 Å². The molecule has 0 aliphatic carbocycles. The lowest BCUT2D eigenvalue weighted by Crippen LogP contribution is -2.33. The fraction of sp³-hybridized carbons (Fsp3) is 0.538. The summed E-state index contributed by atoms with van der Waals surface area (Å²) in [4.78, 5) is 0. The van der Waals surface area contributed by atoms with E-state index in [0.29, 0.717) is 0 Å². The summed E-state index contributed by atoms with van der Waals surface area (Å²) in [6.45, 7) is 2.76. The highest BCUT2D eigenvalue weighted by Gasteiger charge is 2.22. The van der Waals surface area contributed by atoms with Crippen molar-refractivity contribution >= 4 is 11.8 Å². The van der Waals surface area contributed by atoms with Crippen LogP contribution in [-0.4, -0.2) is 31.2 Å². The van der Waals surface area contributed by atoms with E-state index in [1.54, 1.807) is 0 Å². The van der Waals surface area contributed by atoms with Crippen molar-refractivity contribution in [1.82, 2.24) is 5.32 Å². The molecule has 0 aromatic heterocycles. The number of benzene rings is 1. The van der Waals surface area contributed by atoms with Gasteiger partial charge in [0.05, 0.1) is 12.7 Å². The maximum absolute atomic E-state index is 5.78. The molecule has 1 N–H and O–H groups in total. The monoisotopic (exact) mass is 235 g/mol. The third-order valence-electron chi connectivity index (χ3n) is 3.32. The molecule has 16 heavy (non-hydrogen) atoms. The minimum absolute atomic E-state index is 0.251. The van der Waals surface area contributed by atoms with Gasteiger partial charge in [-0.3, -0.25) is 0 Å². The molecule has 2 saturated heterocycles. The van der Waals surface area contributed by atoms with Crippen molar-refractivity contribution in [3.05, 3.63) is 35.4 Å². The molecule has 2 fully saturated rings. The Morgan fingerprint density at radius 1 is 1.25 bits per heavy atom. The zero-order valence-corrected chi connectivity index (χ0v) is 10.1. The van der Waals surface area contributed by atoms with Crippen LogP contribution in [0.2, 0.25) is 0 Å². The summed E-state index contributed by atoms with van der Waals surface area (Å²) in [6, 6.07) is 8.95. The Bertz CT molecular complexity index is 359. The van der Waals surface area contributed by atoms with Crippen LogP contribution < -0.4 is 5.32 Å². The molecule has 1 aromatic rings. The fourth-order valence-electron chi connectivity index (χ4n) is 2.22. The molecule has 0 radical (unpaired) electrons. The largest absolute Gasteiger partial charge is 0.371 e. The van der Waals surface area contributed by atoms with E-state index in [1.807, 2.05) is 11.8 Å². The van der Waals surface area contributed by atoms with Crippen molar-refractivity contribution in [3.8, 4) is 0 Å². The highest BCUT2D eigenvalue weighted by atomic mass is 32.2. The zero-order chi connectivity index (χ0) is 10.8. The molecular weight excluding hydrogens is 218 g/mol. The molecule has 3 heteroatoms. The van der Waals surface area contributed by atoms with Gasteiger partial charge in [0.25, 0.3) is 0 Å². The second-order valence-electron chi connectivity index (χ2n) is 4.47. The molecule has 2 nitrogen and oxygen atoms in total. The van der Waals surface area contributed by atoms with Crippen LogP contribution in [-0.2, 0) is 4.74 Å². The van der Waals surface area contributed by atoms with Gasteiger partial charge in [0.15, 0.2) is 0 Å². The van der Waals surface area contributed by atoms with Crippen molar-refractivity contribution in [2.45, 2.75) is 12.0 Å². The maximum Gasteiger partial charge on any atom is 0.0949 e. The molecule has 1 atom stereocenters. The molecule has 86 valence electrons. The van der Waals surface area contributed by atoms with Crippen molar-refractivity contribution < 1.29 is 4.74 Å². The van der Waals surface area contributed by atoms with Gasteiger partial charge in [0.2, 0.25) is 0 Å². The van der Waals surface area contributed by atoms with Gasteiger partial charge >= 0.3 is 0 Å². The van der Waals surface area contributed by atoms with Crippen molar-refractivity contribution in [2.75, 3.05) is 31.2 Å². The summed E-state index contributed by atoms with van der Waals surface area (Å²) in [5.41, 5.74) is 2.83. The van der Waals surface area contributed by atoms with Gasteiger partial charge in [-0.1, -0.05) is 24.3 Å². The molecule has 2 heterocycles. The third kappa shape index (κ3) is 2.12. The normalized spacial score (nSPS) is 26.4. The SMILES string of the molecule is c1cc(C2CSC2)cc(C2CNCCO2)c1. The van der Waals surface area contributed by atoms with Gasteiger partial charge in [-0.05, 0) is 11.1 Å². The van der Waals surface area contributed by atoms with E-state index >= 15 is 0 Å². The molecule has 2 aliphatic rings. The summed E-state index contributed by atoms with van der Waals surface area (Å²) >= 11 is 2.04. The Balaban J connectivity index is 1.77. The van der Waals surface area contributed by atoms with E-state index in [9.17, 15) is 0 Å². The van der Waals surface area contributed by atoms with Crippen LogP contribution in [0.4, 0.5) is 0 Å². The second-order valence-corrected chi connectivity index (χ2v) is 5.54. The van der Waals surface area contributed by atoms with Gasteiger partial charge in [-0.25, -0.2) is 0 Å². The number of morpholine rings is 1. The molecule has 3 rings (SSSR count). The number of hydrogen-bond donors (Lipinski definition) is 1. The van der Waals surface area contributed by atoms with Crippen molar-refractivity contribution in [3.63, 3.8) is 0 Å².